The topological polar surface area (TPSA) is 0 Å². The van der Waals surface area contributed by atoms with Crippen LogP contribution in [0.25, 0.3) is 75.5 Å². The zero-order valence-corrected chi connectivity index (χ0v) is 25.6. The number of fused-ring (bicyclic) bond motifs is 7. The predicted octanol–water partition coefficient (Wildman–Crippen LogP) is 12.5. The molecule has 0 nitrogen and oxygen atoms in total. The van der Waals surface area contributed by atoms with E-state index >= 15 is 0 Å². The smallest absolute Gasteiger partial charge is 0.0399 e. The normalized spacial score (nSPS) is 13.4. The number of rotatable bonds is 3. The molecule has 1 heterocycles. The van der Waals surface area contributed by atoms with Gasteiger partial charge in [0.25, 0.3) is 0 Å². The molecule has 0 saturated heterocycles. The number of hydrogen-bond donors (Lipinski definition) is 0. The lowest BCUT2D eigenvalue weighted by Gasteiger charge is -2.27. The molecule has 1 aliphatic rings. The summed E-state index contributed by atoms with van der Waals surface area (Å²) in [5.41, 5.74) is 11.9. The van der Waals surface area contributed by atoms with Crippen LogP contribution in [-0.4, -0.2) is 0 Å². The Labute approximate surface area is 261 Å². The molecule has 0 radical (unpaired) electrons. The van der Waals surface area contributed by atoms with Crippen molar-refractivity contribution in [2.75, 3.05) is 0 Å². The van der Waals surface area contributed by atoms with Crippen molar-refractivity contribution < 1.29 is 0 Å². The fourth-order valence-corrected chi connectivity index (χ4v) is 9.28. The Morgan fingerprint density at radius 2 is 0.864 bits per heavy atom. The molecule has 0 N–H and O–H groups in total. The van der Waals surface area contributed by atoms with Crippen molar-refractivity contribution in [2.24, 2.45) is 0 Å². The summed E-state index contributed by atoms with van der Waals surface area (Å²) in [6.07, 6.45) is 0. The second-order valence-corrected chi connectivity index (χ2v) is 13.5. The van der Waals surface area contributed by atoms with Crippen LogP contribution in [0.4, 0.5) is 0 Å². The summed E-state index contributed by atoms with van der Waals surface area (Å²) >= 11 is 1.94. The van der Waals surface area contributed by atoms with Crippen LogP contribution < -0.4 is 0 Å². The number of hydrogen-bond acceptors (Lipinski definition) is 1. The summed E-state index contributed by atoms with van der Waals surface area (Å²) in [7, 11) is 0. The summed E-state index contributed by atoms with van der Waals surface area (Å²) in [5.74, 6) is 0. The van der Waals surface area contributed by atoms with Crippen molar-refractivity contribution in [2.45, 2.75) is 19.3 Å². The van der Waals surface area contributed by atoms with Crippen LogP contribution in [-0.2, 0) is 5.41 Å². The lowest BCUT2D eigenvalue weighted by molar-refractivity contribution is 0.669. The van der Waals surface area contributed by atoms with Crippen LogP contribution >= 0.6 is 11.3 Å². The highest BCUT2D eigenvalue weighted by Crippen LogP contribution is 2.59. The van der Waals surface area contributed by atoms with E-state index in [-0.39, 0.29) is 5.41 Å². The van der Waals surface area contributed by atoms with E-state index < -0.39 is 0 Å². The molecule has 0 saturated carbocycles. The quantitative estimate of drug-likeness (QED) is 0.183. The molecule has 0 amide bonds. The Balaban J connectivity index is 1.39. The Hall–Kier alpha value is -4.98. The van der Waals surface area contributed by atoms with Gasteiger partial charge in [-0.1, -0.05) is 153 Å². The minimum atomic E-state index is -0.123. The molecule has 0 spiro atoms. The molecular weight excluding hydrogens is 549 g/mol. The van der Waals surface area contributed by atoms with Gasteiger partial charge in [-0.25, -0.2) is 0 Å². The van der Waals surface area contributed by atoms with Gasteiger partial charge in [-0.05, 0) is 83.1 Å². The minimum Gasteiger partial charge on any atom is -0.135 e. The van der Waals surface area contributed by atoms with Crippen molar-refractivity contribution >= 4 is 43.0 Å². The molecule has 0 bridgehead atoms. The Morgan fingerprint density at radius 1 is 0.386 bits per heavy atom. The molecule has 1 aliphatic carbocycles. The van der Waals surface area contributed by atoms with Gasteiger partial charge >= 0.3 is 0 Å². The first-order valence-electron chi connectivity index (χ1n) is 15.4. The van der Waals surface area contributed by atoms with Gasteiger partial charge in [-0.15, -0.1) is 11.3 Å². The number of benzene rings is 7. The maximum atomic E-state index is 2.43. The highest BCUT2D eigenvalue weighted by Gasteiger charge is 2.41. The van der Waals surface area contributed by atoms with E-state index in [2.05, 4.69) is 159 Å². The van der Waals surface area contributed by atoms with E-state index in [1.807, 2.05) is 11.3 Å². The lowest BCUT2D eigenvalue weighted by Crippen LogP contribution is -2.16. The fraction of sp³-hybridized carbons (Fsp3) is 0.0698. The van der Waals surface area contributed by atoms with E-state index in [1.54, 1.807) is 0 Å². The summed E-state index contributed by atoms with van der Waals surface area (Å²) in [6.45, 7) is 4.85. The van der Waals surface area contributed by atoms with E-state index in [4.69, 9.17) is 0 Å². The molecular formula is C43H30S. The van der Waals surface area contributed by atoms with Crippen LogP contribution in [0.2, 0.25) is 0 Å². The molecule has 0 atom stereocenters. The van der Waals surface area contributed by atoms with Gasteiger partial charge in [0.2, 0.25) is 0 Å². The van der Waals surface area contributed by atoms with Gasteiger partial charge in [0.05, 0.1) is 0 Å². The van der Waals surface area contributed by atoms with Crippen LogP contribution in [0.3, 0.4) is 0 Å². The largest absolute Gasteiger partial charge is 0.135 e. The van der Waals surface area contributed by atoms with Gasteiger partial charge in [-0.3, -0.25) is 0 Å². The standard InChI is InChI=1S/C43H30S/c1-43(2)40-35(24-14-25-36(40)42-41(43)34-23-12-13-26-37(34)44-42)39-32-21-10-8-19-30(32)38(31-20-9-11-22-33(31)39)29-18-7-6-17-28(29)27-15-4-3-5-16-27/h3-26H,1-2H3. The molecule has 0 unspecified atom stereocenters. The van der Waals surface area contributed by atoms with Gasteiger partial charge < -0.3 is 0 Å². The van der Waals surface area contributed by atoms with E-state index in [9.17, 15) is 0 Å². The molecule has 0 aliphatic heterocycles. The SMILES string of the molecule is CC1(C)c2c(cccc2-c2c3ccccc3c(-c3ccccc3-c3ccccc3)c3ccccc23)-c2sc3ccccc3c21. The van der Waals surface area contributed by atoms with Crippen LogP contribution in [0.15, 0.2) is 146 Å². The molecule has 208 valence electrons. The molecule has 1 heteroatoms. The molecule has 0 fully saturated rings. The summed E-state index contributed by atoms with van der Waals surface area (Å²) in [4.78, 5) is 1.43. The Bertz CT molecular complexity index is 2350. The molecule has 44 heavy (non-hydrogen) atoms. The third-order valence-corrected chi connectivity index (χ3v) is 10.8. The minimum absolute atomic E-state index is 0.123. The Kier molecular flexibility index (Phi) is 5.51. The van der Waals surface area contributed by atoms with E-state index in [1.165, 1.54) is 86.6 Å². The van der Waals surface area contributed by atoms with Crippen molar-refractivity contribution in [3.8, 4) is 43.8 Å². The summed E-state index contributed by atoms with van der Waals surface area (Å²) in [6, 6.07) is 53.7. The predicted molar refractivity (Wildman–Crippen MR) is 191 cm³/mol. The summed E-state index contributed by atoms with van der Waals surface area (Å²) < 4.78 is 1.37. The average molecular weight is 579 g/mol. The first-order chi connectivity index (χ1) is 21.6. The second-order valence-electron chi connectivity index (χ2n) is 12.4. The van der Waals surface area contributed by atoms with Gasteiger partial charge in [0, 0.05) is 15.0 Å². The first-order valence-corrected chi connectivity index (χ1v) is 16.2. The van der Waals surface area contributed by atoms with Crippen molar-refractivity contribution in [3.05, 3.63) is 157 Å². The van der Waals surface area contributed by atoms with Crippen LogP contribution in [0.5, 0.6) is 0 Å². The Morgan fingerprint density at radius 3 is 1.52 bits per heavy atom. The van der Waals surface area contributed by atoms with Crippen molar-refractivity contribution in [1.29, 1.82) is 0 Å². The highest BCUT2D eigenvalue weighted by molar-refractivity contribution is 7.22. The zero-order valence-electron chi connectivity index (χ0n) is 24.8. The second kappa shape index (κ2) is 9.51. The maximum Gasteiger partial charge on any atom is 0.0399 e. The van der Waals surface area contributed by atoms with Crippen LogP contribution in [0, 0.1) is 0 Å². The maximum absolute atomic E-state index is 2.43. The van der Waals surface area contributed by atoms with E-state index in [0.717, 1.165) is 0 Å². The highest BCUT2D eigenvalue weighted by atomic mass is 32.1. The molecule has 9 rings (SSSR count). The van der Waals surface area contributed by atoms with Gasteiger partial charge in [-0.2, -0.15) is 0 Å². The average Bonchev–Trinajstić information content (AvgIpc) is 3.57. The van der Waals surface area contributed by atoms with Gasteiger partial charge in [0.15, 0.2) is 0 Å². The van der Waals surface area contributed by atoms with Crippen molar-refractivity contribution in [3.63, 3.8) is 0 Å². The van der Waals surface area contributed by atoms with Crippen LogP contribution in [0.1, 0.15) is 25.0 Å². The third kappa shape index (κ3) is 3.51. The van der Waals surface area contributed by atoms with Crippen molar-refractivity contribution in [1.82, 2.24) is 0 Å². The monoisotopic (exact) mass is 578 g/mol. The molecule has 7 aromatic carbocycles. The molecule has 8 aromatic rings. The number of thiophene rings is 1. The fourth-order valence-electron chi connectivity index (χ4n) is 7.88. The summed E-state index contributed by atoms with van der Waals surface area (Å²) in [5, 5.41) is 6.57. The van der Waals surface area contributed by atoms with Gasteiger partial charge in [0.1, 0.15) is 0 Å². The molecule has 1 aromatic heterocycles. The third-order valence-electron chi connectivity index (χ3n) is 9.64. The zero-order chi connectivity index (χ0) is 29.4. The lowest BCUT2D eigenvalue weighted by atomic mass is 9.76. The van der Waals surface area contributed by atoms with E-state index in [0.29, 0.717) is 0 Å². The first kappa shape index (κ1) is 25.5.